The summed E-state index contributed by atoms with van der Waals surface area (Å²) in [4.78, 5) is 14.0. The summed E-state index contributed by atoms with van der Waals surface area (Å²) in [6.45, 7) is 0. The van der Waals surface area contributed by atoms with Crippen LogP contribution >= 0.6 is 0 Å². The molecule has 0 radical (unpaired) electrons. The Kier molecular flexibility index (Phi) is 3.12. The normalized spacial score (nSPS) is 10.5. The lowest BCUT2D eigenvalue weighted by molar-refractivity contribution is -0.386. The standard InChI is InChI=1S/C15H10N2O4/c18-13-7-10-3-1-2-4-11(10)8-15(13)21-14-5-6-16-9-12(14)17(19)20/h1-9,18H. The molecule has 3 rings (SSSR count). The van der Waals surface area contributed by atoms with Crippen molar-refractivity contribution < 1.29 is 14.8 Å². The maximum absolute atomic E-state index is 10.9. The zero-order chi connectivity index (χ0) is 14.8. The first-order valence-electron chi connectivity index (χ1n) is 6.13. The van der Waals surface area contributed by atoms with Gasteiger partial charge in [-0.3, -0.25) is 15.1 Å². The number of phenolic OH excluding ortho intramolecular Hbond substituents is 1. The molecule has 0 unspecified atom stereocenters. The molecule has 0 atom stereocenters. The minimum absolute atomic E-state index is 0.0283. The van der Waals surface area contributed by atoms with Crippen LogP contribution in [-0.4, -0.2) is 15.0 Å². The van der Waals surface area contributed by atoms with E-state index in [9.17, 15) is 15.2 Å². The van der Waals surface area contributed by atoms with E-state index in [1.54, 1.807) is 12.1 Å². The lowest BCUT2D eigenvalue weighted by Crippen LogP contribution is -1.94. The number of ether oxygens (including phenoxy) is 1. The highest BCUT2D eigenvalue weighted by Crippen LogP contribution is 2.37. The highest BCUT2D eigenvalue weighted by atomic mass is 16.6. The number of hydrogen-bond donors (Lipinski definition) is 1. The average Bonchev–Trinajstić information content (AvgIpc) is 2.48. The van der Waals surface area contributed by atoms with Crippen LogP contribution in [0.1, 0.15) is 0 Å². The highest BCUT2D eigenvalue weighted by Gasteiger charge is 2.17. The number of rotatable bonds is 3. The largest absolute Gasteiger partial charge is 0.504 e. The zero-order valence-electron chi connectivity index (χ0n) is 10.8. The molecule has 0 amide bonds. The first kappa shape index (κ1) is 12.9. The second kappa shape index (κ2) is 5.09. The van der Waals surface area contributed by atoms with Gasteiger partial charge in [0.05, 0.1) is 4.92 Å². The predicted molar refractivity (Wildman–Crippen MR) is 76.6 cm³/mol. The average molecular weight is 282 g/mol. The first-order chi connectivity index (χ1) is 10.1. The summed E-state index contributed by atoms with van der Waals surface area (Å²) < 4.78 is 5.48. The van der Waals surface area contributed by atoms with Gasteiger partial charge in [0.15, 0.2) is 11.5 Å². The van der Waals surface area contributed by atoms with Crippen LogP contribution in [0.15, 0.2) is 54.9 Å². The molecule has 2 aromatic carbocycles. The van der Waals surface area contributed by atoms with Crippen molar-refractivity contribution in [3.63, 3.8) is 0 Å². The summed E-state index contributed by atoms with van der Waals surface area (Å²) in [5.74, 6) is 0.100. The number of benzene rings is 2. The molecule has 1 N–H and O–H groups in total. The molecule has 0 saturated carbocycles. The van der Waals surface area contributed by atoms with Gasteiger partial charge in [0.2, 0.25) is 5.75 Å². The Balaban J connectivity index is 2.06. The SMILES string of the molecule is O=[N+]([O-])c1cnccc1Oc1cc2ccccc2cc1O. The highest BCUT2D eigenvalue weighted by molar-refractivity contribution is 5.86. The summed E-state index contributed by atoms with van der Waals surface area (Å²) in [6.07, 6.45) is 2.49. The molecule has 1 aromatic heterocycles. The molecule has 21 heavy (non-hydrogen) atoms. The van der Waals surface area contributed by atoms with Crippen LogP contribution in [0.25, 0.3) is 10.8 Å². The smallest absolute Gasteiger partial charge is 0.329 e. The molecular formula is C15H10N2O4. The third kappa shape index (κ3) is 2.46. The van der Waals surface area contributed by atoms with E-state index in [2.05, 4.69) is 4.98 Å². The van der Waals surface area contributed by atoms with Crippen LogP contribution in [0.4, 0.5) is 5.69 Å². The topological polar surface area (TPSA) is 85.5 Å². The molecule has 1 heterocycles. The van der Waals surface area contributed by atoms with Gasteiger partial charge in [-0.25, -0.2) is 0 Å². The van der Waals surface area contributed by atoms with E-state index in [0.29, 0.717) is 0 Å². The van der Waals surface area contributed by atoms with Crippen LogP contribution in [0.3, 0.4) is 0 Å². The van der Waals surface area contributed by atoms with Crippen molar-refractivity contribution in [2.45, 2.75) is 0 Å². The summed E-state index contributed by atoms with van der Waals surface area (Å²) in [6, 6.07) is 12.0. The lowest BCUT2D eigenvalue weighted by Gasteiger charge is -2.09. The van der Waals surface area contributed by atoms with Crippen LogP contribution < -0.4 is 4.74 Å². The van der Waals surface area contributed by atoms with Crippen molar-refractivity contribution in [2.75, 3.05) is 0 Å². The minimum Gasteiger partial charge on any atom is -0.504 e. The molecule has 104 valence electrons. The minimum atomic E-state index is -0.583. The third-order valence-corrected chi connectivity index (χ3v) is 3.01. The number of aromatic nitrogens is 1. The predicted octanol–water partition coefficient (Wildman–Crippen LogP) is 3.64. The van der Waals surface area contributed by atoms with Crippen LogP contribution in [0.5, 0.6) is 17.2 Å². The number of nitrogens with zero attached hydrogens (tertiary/aromatic N) is 2. The van der Waals surface area contributed by atoms with Gasteiger partial charge in [0.25, 0.3) is 0 Å². The Morgan fingerprint density at radius 3 is 2.52 bits per heavy atom. The van der Waals surface area contributed by atoms with E-state index < -0.39 is 4.92 Å². The van der Waals surface area contributed by atoms with Gasteiger partial charge in [0, 0.05) is 12.3 Å². The van der Waals surface area contributed by atoms with Gasteiger partial charge in [-0.1, -0.05) is 24.3 Å². The lowest BCUT2D eigenvalue weighted by atomic mass is 10.1. The molecule has 0 bridgehead atoms. The fourth-order valence-electron chi connectivity index (χ4n) is 2.00. The Hall–Kier alpha value is -3.15. The summed E-state index contributed by atoms with van der Waals surface area (Å²) in [5, 5.41) is 22.6. The molecule has 6 heteroatoms. The molecular weight excluding hydrogens is 272 g/mol. The van der Waals surface area contributed by atoms with Crippen molar-refractivity contribution in [1.82, 2.24) is 4.98 Å². The third-order valence-electron chi connectivity index (χ3n) is 3.01. The van der Waals surface area contributed by atoms with E-state index >= 15 is 0 Å². The van der Waals surface area contributed by atoms with Crippen molar-refractivity contribution in [1.29, 1.82) is 0 Å². The maximum atomic E-state index is 10.9. The first-order valence-corrected chi connectivity index (χ1v) is 6.13. The molecule has 0 spiro atoms. The molecule has 0 saturated heterocycles. The van der Waals surface area contributed by atoms with Gasteiger partial charge in [-0.15, -0.1) is 0 Å². The number of aromatic hydroxyl groups is 1. The maximum Gasteiger partial charge on any atom is 0.329 e. The number of pyridine rings is 1. The number of phenols is 1. The van der Waals surface area contributed by atoms with Gasteiger partial charge < -0.3 is 9.84 Å². The van der Waals surface area contributed by atoms with E-state index in [0.717, 1.165) is 17.0 Å². The summed E-state index contributed by atoms with van der Waals surface area (Å²) in [7, 11) is 0. The van der Waals surface area contributed by atoms with E-state index in [1.807, 2.05) is 24.3 Å². The molecule has 3 aromatic rings. The number of nitro groups is 1. The monoisotopic (exact) mass is 282 g/mol. The fourth-order valence-corrected chi connectivity index (χ4v) is 2.00. The Labute approximate surface area is 119 Å². The molecule has 0 aliphatic carbocycles. The Morgan fingerprint density at radius 2 is 1.81 bits per heavy atom. The number of hydrogen-bond acceptors (Lipinski definition) is 5. The van der Waals surface area contributed by atoms with Crippen molar-refractivity contribution >= 4 is 16.5 Å². The van der Waals surface area contributed by atoms with Crippen molar-refractivity contribution in [3.8, 4) is 17.2 Å². The zero-order valence-corrected chi connectivity index (χ0v) is 10.8. The second-order valence-corrected chi connectivity index (χ2v) is 4.37. The van der Waals surface area contributed by atoms with Gasteiger partial charge in [0.1, 0.15) is 6.20 Å². The van der Waals surface area contributed by atoms with E-state index in [1.165, 1.54) is 12.3 Å². The van der Waals surface area contributed by atoms with E-state index in [-0.39, 0.29) is 22.9 Å². The van der Waals surface area contributed by atoms with Crippen molar-refractivity contribution in [3.05, 3.63) is 65.0 Å². The summed E-state index contributed by atoms with van der Waals surface area (Å²) in [5.41, 5.74) is -0.259. The Morgan fingerprint density at radius 1 is 1.10 bits per heavy atom. The Bertz CT molecular complexity index is 833. The molecule has 0 aliphatic heterocycles. The number of fused-ring (bicyclic) bond motifs is 1. The van der Waals surface area contributed by atoms with Gasteiger partial charge in [-0.2, -0.15) is 0 Å². The van der Waals surface area contributed by atoms with Gasteiger partial charge in [-0.05, 0) is 22.9 Å². The van der Waals surface area contributed by atoms with Crippen molar-refractivity contribution in [2.24, 2.45) is 0 Å². The quantitative estimate of drug-likeness (QED) is 0.585. The van der Waals surface area contributed by atoms with Crippen LogP contribution in [0, 0.1) is 10.1 Å². The van der Waals surface area contributed by atoms with Crippen LogP contribution in [-0.2, 0) is 0 Å². The van der Waals surface area contributed by atoms with Crippen LogP contribution in [0.2, 0.25) is 0 Å². The second-order valence-electron chi connectivity index (χ2n) is 4.37. The molecule has 0 aliphatic rings. The fraction of sp³-hybridized carbons (Fsp3) is 0. The van der Waals surface area contributed by atoms with E-state index in [4.69, 9.17) is 4.74 Å². The molecule has 6 nitrogen and oxygen atoms in total. The summed E-state index contributed by atoms with van der Waals surface area (Å²) >= 11 is 0. The molecule has 0 fully saturated rings. The van der Waals surface area contributed by atoms with Gasteiger partial charge >= 0.3 is 5.69 Å².